The third-order valence-electron chi connectivity index (χ3n) is 4.61. The number of nitrogens with zero attached hydrogens (tertiary/aromatic N) is 6. The van der Waals surface area contributed by atoms with Crippen LogP contribution in [0.2, 0.25) is 0 Å². The zero-order valence-electron chi connectivity index (χ0n) is 15.2. The van der Waals surface area contributed by atoms with E-state index >= 15 is 0 Å². The summed E-state index contributed by atoms with van der Waals surface area (Å²) < 4.78 is 7.68. The predicted octanol–water partition coefficient (Wildman–Crippen LogP) is 1.50. The van der Waals surface area contributed by atoms with Crippen LogP contribution in [0.15, 0.2) is 10.7 Å². The van der Waals surface area contributed by atoms with Crippen LogP contribution in [0.25, 0.3) is 0 Å². The fraction of sp³-hybridized carbons (Fsp3) is 0.647. The minimum absolute atomic E-state index is 0.0525. The van der Waals surface area contributed by atoms with Crippen molar-refractivity contribution >= 4 is 5.91 Å². The molecule has 8 nitrogen and oxygen atoms in total. The summed E-state index contributed by atoms with van der Waals surface area (Å²) in [5.41, 5.74) is 0.680. The lowest BCUT2D eigenvalue weighted by Crippen LogP contribution is -2.35. The highest BCUT2D eigenvalue weighted by molar-refractivity contribution is 5.92. The van der Waals surface area contributed by atoms with Gasteiger partial charge >= 0.3 is 0 Å². The number of rotatable bonds is 5. The van der Waals surface area contributed by atoms with Crippen LogP contribution in [0.1, 0.15) is 48.2 Å². The van der Waals surface area contributed by atoms with Gasteiger partial charge in [-0.05, 0) is 20.3 Å². The molecule has 0 aromatic carbocycles. The van der Waals surface area contributed by atoms with E-state index in [-0.39, 0.29) is 5.91 Å². The summed E-state index contributed by atoms with van der Waals surface area (Å²) in [5, 5.41) is 8.19. The molecule has 1 amide bonds. The van der Waals surface area contributed by atoms with Crippen LogP contribution in [0.3, 0.4) is 0 Å². The van der Waals surface area contributed by atoms with E-state index in [4.69, 9.17) is 4.42 Å². The summed E-state index contributed by atoms with van der Waals surface area (Å²) in [4.78, 5) is 21.3. The van der Waals surface area contributed by atoms with Gasteiger partial charge in [-0.2, -0.15) is 0 Å². The highest BCUT2D eigenvalue weighted by Gasteiger charge is 2.25. The highest BCUT2D eigenvalue weighted by atomic mass is 16.4. The maximum absolute atomic E-state index is 12.8. The first kappa shape index (κ1) is 17.6. The van der Waals surface area contributed by atoms with Crippen molar-refractivity contribution in [3.8, 4) is 0 Å². The number of hydrogen-bond donors (Lipinski definition) is 0. The fourth-order valence-corrected chi connectivity index (χ4v) is 3.14. The molecule has 2 aromatic rings. The molecular weight excluding hydrogens is 320 g/mol. The van der Waals surface area contributed by atoms with Gasteiger partial charge in [0.15, 0.2) is 5.89 Å². The summed E-state index contributed by atoms with van der Waals surface area (Å²) in [5.74, 6) is 1.93. The molecule has 25 heavy (non-hydrogen) atoms. The van der Waals surface area contributed by atoms with Crippen LogP contribution in [-0.4, -0.2) is 61.6 Å². The van der Waals surface area contributed by atoms with E-state index in [0.717, 1.165) is 45.0 Å². The van der Waals surface area contributed by atoms with Gasteiger partial charge in [0.05, 0.1) is 12.2 Å². The molecule has 0 saturated carbocycles. The number of carbonyl (C=O) groups is 1. The van der Waals surface area contributed by atoms with E-state index in [9.17, 15) is 4.79 Å². The molecule has 3 heterocycles. The van der Waals surface area contributed by atoms with Crippen molar-refractivity contribution in [2.75, 3.05) is 26.2 Å². The van der Waals surface area contributed by atoms with Gasteiger partial charge in [-0.15, -0.1) is 10.2 Å². The zero-order chi connectivity index (χ0) is 17.8. The first-order chi connectivity index (χ1) is 12.1. The molecular formula is C17H26N6O2. The Labute approximate surface area is 147 Å². The van der Waals surface area contributed by atoms with Gasteiger partial charge in [-0.1, -0.05) is 6.92 Å². The first-order valence-corrected chi connectivity index (χ1v) is 8.97. The van der Waals surface area contributed by atoms with Gasteiger partial charge in [0.1, 0.15) is 12.2 Å². The van der Waals surface area contributed by atoms with Crippen LogP contribution in [-0.2, 0) is 19.5 Å². The van der Waals surface area contributed by atoms with Crippen LogP contribution >= 0.6 is 0 Å². The summed E-state index contributed by atoms with van der Waals surface area (Å²) >= 11 is 0. The quantitative estimate of drug-likeness (QED) is 0.816. The lowest BCUT2D eigenvalue weighted by Gasteiger charge is -2.21. The average molecular weight is 346 g/mol. The number of carbonyl (C=O) groups excluding carboxylic acids is 1. The Bertz CT molecular complexity index is 723. The third kappa shape index (κ3) is 3.89. The number of oxazole rings is 1. The van der Waals surface area contributed by atoms with Crippen molar-refractivity contribution in [3.05, 3.63) is 29.5 Å². The van der Waals surface area contributed by atoms with E-state index in [1.807, 2.05) is 18.7 Å². The largest absolute Gasteiger partial charge is 0.435 e. The summed E-state index contributed by atoms with van der Waals surface area (Å²) in [6, 6.07) is 0. The van der Waals surface area contributed by atoms with Crippen molar-refractivity contribution in [1.29, 1.82) is 0 Å². The monoisotopic (exact) mass is 346 g/mol. The fourth-order valence-electron chi connectivity index (χ4n) is 3.14. The maximum atomic E-state index is 12.8. The lowest BCUT2D eigenvalue weighted by atomic mass is 10.3. The van der Waals surface area contributed by atoms with Gasteiger partial charge in [-0.3, -0.25) is 9.69 Å². The number of aryl methyl sites for hydroxylation is 3. The molecule has 0 atom stereocenters. The van der Waals surface area contributed by atoms with Crippen LogP contribution in [0.5, 0.6) is 0 Å². The number of aromatic nitrogens is 4. The zero-order valence-corrected chi connectivity index (χ0v) is 15.2. The number of hydrogen-bond acceptors (Lipinski definition) is 6. The van der Waals surface area contributed by atoms with Crippen molar-refractivity contribution in [3.63, 3.8) is 0 Å². The van der Waals surface area contributed by atoms with Crippen molar-refractivity contribution < 1.29 is 9.21 Å². The van der Waals surface area contributed by atoms with E-state index < -0.39 is 0 Å². The van der Waals surface area contributed by atoms with E-state index in [1.54, 1.807) is 6.33 Å². The Morgan fingerprint density at radius 1 is 1.24 bits per heavy atom. The Hall–Kier alpha value is -2.22. The minimum atomic E-state index is -0.0525. The Balaban J connectivity index is 1.63. The Morgan fingerprint density at radius 3 is 2.80 bits per heavy atom. The van der Waals surface area contributed by atoms with Gasteiger partial charge in [0, 0.05) is 39.1 Å². The normalized spacial score (nSPS) is 16.2. The molecule has 136 valence electrons. The molecule has 0 aliphatic carbocycles. The molecule has 1 saturated heterocycles. The molecule has 1 aliphatic rings. The second kappa shape index (κ2) is 7.77. The summed E-state index contributed by atoms with van der Waals surface area (Å²) in [6.45, 7) is 10.7. The van der Waals surface area contributed by atoms with Gasteiger partial charge in [0.2, 0.25) is 5.76 Å². The van der Waals surface area contributed by atoms with Crippen molar-refractivity contribution in [2.45, 2.75) is 46.7 Å². The maximum Gasteiger partial charge on any atom is 0.291 e. The van der Waals surface area contributed by atoms with Crippen LogP contribution < -0.4 is 0 Å². The van der Waals surface area contributed by atoms with Gasteiger partial charge in [-0.25, -0.2) is 4.98 Å². The first-order valence-electron chi connectivity index (χ1n) is 8.97. The van der Waals surface area contributed by atoms with Gasteiger partial charge in [0.25, 0.3) is 5.91 Å². The Morgan fingerprint density at radius 2 is 2.08 bits per heavy atom. The molecule has 0 spiro atoms. The molecule has 1 fully saturated rings. The standard InChI is InChI=1S/C17H26N6O2/c1-4-15-19-13(3)16(25-15)17(24)23-8-6-7-21(9-10-23)11-14-20-18-12-22(14)5-2/h12H,4-11H2,1-3H3. The second-order valence-corrected chi connectivity index (χ2v) is 6.33. The van der Waals surface area contributed by atoms with Crippen molar-refractivity contribution in [2.24, 2.45) is 0 Å². The van der Waals surface area contributed by atoms with Crippen molar-refractivity contribution in [1.82, 2.24) is 29.5 Å². The minimum Gasteiger partial charge on any atom is -0.435 e. The summed E-state index contributed by atoms with van der Waals surface area (Å²) in [7, 11) is 0. The van der Waals surface area contributed by atoms with Gasteiger partial charge < -0.3 is 13.9 Å². The molecule has 0 radical (unpaired) electrons. The molecule has 1 aliphatic heterocycles. The lowest BCUT2D eigenvalue weighted by molar-refractivity contribution is 0.0726. The smallest absolute Gasteiger partial charge is 0.291 e. The molecule has 0 bridgehead atoms. The second-order valence-electron chi connectivity index (χ2n) is 6.33. The Kier molecular flexibility index (Phi) is 5.47. The average Bonchev–Trinajstić information content (AvgIpc) is 3.14. The number of amides is 1. The summed E-state index contributed by atoms with van der Waals surface area (Å²) in [6.07, 6.45) is 3.39. The highest BCUT2D eigenvalue weighted by Crippen LogP contribution is 2.16. The van der Waals surface area contributed by atoms with E-state index in [1.165, 1.54) is 0 Å². The third-order valence-corrected chi connectivity index (χ3v) is 4.61. The molecule has 3 rings (SSSR count). The topological polar surface area (TPSA) is 80.3 Å². The van der Waals surface area contributed by atoms with Crippen LogP contribution in [0.4, 0.5) is 0 Å². The molecule has 0 unspecified atom stereocenters. The molecule has 0 N–H and O–H groups in total. The molecule has 8 heteroatoms. The predicted molar refractivity (Wildman–Crippen MR) is 92.1 cm³/mol. The van der Waals surface area contributed by atoms with E-state index in [2.05, 4.69) is 31.6 Å². The van der Waals surface area contributed by atoms with E-state index in [0.29, 0.717) is 30.3 Å². The molecule has 2 aromatic heterocycles. The van der Waals surface area contributed by atoms with Crippen LogP contribution in [0, 0.1) is 6.92 Å². The SMILES string of the molecule is CCc1nc(C)c(C(=O)N2CCCN(Cc3nncn3CC)CC2)o1.